The summed E-state index contributed by atoms with van der Waals surface area (Å²) in [5, 5.41) is 4.71. The van der Waals surface area contributed by atoms with Crippen LogP contribution in [0.25, 0.3) is 5.32 Å². The summed E-state index contributed by atoms with van der Waals surface area (Å²) in [5.41, 5.74) is 0.859. The first-order valence-electron chi connectivity index (χ1n) is 9.35. The first kappa shape index (κ1) is 24.8. The molecule has 0 aliphatic heterocycles. The summed E-state index contributed by atoms with van der Waals surface area (Å²) in [5.74, 6) is 0.839. The molecule has 1 aliphatic rings. The molecular weight excluding hydrogens is 407 g/mol. The first-order valence-corrected chi connectivity index (χ1v) is 9.35. The van der Waals surface area contributed by atoms with E-state index < -0.39 is 0 Å². The number of aliphatic imine (C=N–C) groups is 1. The molecule has 0 aromatic heterocycles. The molecule has 0 saturated heterocycles. The molecule has 147 valence electrons. The van der Waals surface area contributed by atoms with Crippen LogP contribution in [0.1, 0.15) is 72.8 Å². The van der Waals surface area contributed by atoms with E-state index in [1.54, 1.807) is 0 Å². The van der Waals surface area contributed by atoms with Crippen LogP contribution >= 0.6 is 0 Å². The summed E-state index contributed by atoms with van der Waals surface area (Å²) < 4.78 is 0. The average molecular weight is 442 g/mol. The minimum atomic E-state index is -0.111. The van der Waals surface area contributed by atoms with Crippen molar-refractivity contribution in [1.82, 2.24) is 0 Å². The van der Waals surface area contributed by atoms with Gasteiger partial charge in [-0.05, 0) is 42.3 Å². The molecule has 0 spiro atoms. The van der Waals surface area contributed by atoms with Gasteiger partial charge < -0.3 is 10.3 Å². The van der Waals surface area contributed by atoms with E-state index >= 15 is 0 Å². The van der Waals surface area contributed by atoms with Crippen molar-refractivity contribution in [2.75, 3.05) is 0 Å². The van der Waals surface area contributed by atoms with Gasteiger partial charge in [-0.15, -0.1) is 0 Å². The van der Waals surface area contributed by atoms with E-state index in [0.29, 0.717) is 0 Å². The fraction of sp³-hybridized carbons (Fsp3) is 0.522. The zero-order valence-corrected chi connectivity index (χ0v) is 18.9. The summed E-state index contributed by atoms with van der Waals surface area (Å²) in [7, 11) is 0. The Hall–Kier alpha value is -1.21. The third-order valence-electron chi connectivity index (χ3n) is 3.25. The molecule has 2 nitrogen and oxygen atoms in total. The van der Waals surface area contributed by atoms with E-state index in [0.717, 1.165) is 11.4 Å². The molecule has 3 heteroatoms. The zero-order valence-electron chi connectivity index (χ0n) is 17.3. The van der Waals surface area contributed by atoms with Crippen molar-refractivity contribution in [2.45, 2.75) is 78.3 Å². The Kier molecular flexibility index (Phi) is 11.7. The topological polar surface area (TPSA) is 26.5 Å². The van der Waals surface area contributed by atoms with Crippen LogP contribution < -0.4 is 0 Å². The summed E-state index contributed by atoms with van der Waals surface area (Å²) in [6.07, 6.45) is 14.0. The van der Waals surface area contributed by atoms with Crippen molar-refractivity contribution in [3.05, 3.63) is 65.5 Å². The summed E-state index contributed by atoms with van der Waals surface area (Å²) >= 11 is 0. The summed E-state index contributed by atoms with van der Waals surface area (Å²) in [6, 6.07) is 10.2. The molecule has 1 aliphatic carbocycles. The second kappa shape index (κ2) is 12.2. The van der Waals surface area contributed by atoms with E-state index in [-0.39, 0.29) is 30.6 Å². The maximum Gasteiger partial charge on any atom is 0 e. The summed E-state index contributed by atoms with van der Waals surface area (Å²) in [6.45, 7) is 12.5. The van der Waals surface area contributed by atoms with Crippen LogP contribution in [-0.2, 0) is 19.5 Å². The molecule has 0 N–H and O–H groups in total. The van der Waals surface area contributed by atoms with Gasteiger partial charge in [0.05, 0.1) is 0 Å². The van der Waals surface area contributed by atoms with Crippen LogP contribution in [0.3, 0.4) is 0 Å². The fourth-order valence-corrected chi connectivity index (χ4v) is 2.23. The largest absolute Gasteiger partial charge is 0.459 e. The van der Waals surface area contributed by atoms with E-state index in [4.69, 9.17) is 10.3 Å². The minimum absolute atomic E-state index is 0. The van der Waals surface area contributed by atoms with Crippen LogP contribution in [0, 0.1) is 0 Å². The molecule has 0 unspecified atom stereocenters. The molecule has 0 atom stereocenters. The average Bonchev–Trinajstić information content (AvgIpc) is 2.44. The van der Waals surface area contributed by atoms with Crippen molar-refractivity contribution < 1.29 is 19.5 Å². The molecule has 0 saturated carbocycles. The monoisotopic (exact) mass is 442 g/mol. The number of nitrogens with zero attached hydrogens (tertiary/aromatic N) is 2. The number of amidine groups is 1. The maximum absolute atomic E-state index is 4.71. The van der Waals surface area contributed by atoms with Gasteiger partial charge in [-0.1, -0.05) is 102 Å². The van der Waals surface area contributed by atoms with E-state index in [2.05, 4.69) is 78.0 Å². The third-order valence-corrected chi connectivity index (χ3v) is 3.25. The van der Waals surface area contributed by atoms with Crippen molar-refractivity contribution in [3.63, 3.8) is 0 Å². The fourth-order valence-electron chi connectivity index (χ4n) is 2.23. The van der Waals surface area contributed by atoms with Gasteiger partial charge in [0.15, 0.2) is 0 Å². The van der Waals surface area contributed by atoms with E-state index in [1.807, 2.05) is 18.2 Å². The Morgan fingerprint density at radius 3 is 1.54 bits per heavy atom. The summed E-state index contributed by atoms with van der Waals surface area (Å²) in [4.78, 5) is 4.71. The Labute approximate surface area is 174 Å². The van der Waals surface area contributed by atoms with Crippen molar-refractivity contribution in [1.29, 1.82) is 0 Å². The molecular formula is C23H35N2Rh-. The van der Waals surface area contributed by atoms with E-state index in [1.165, 1.54) is 25.7 Å². The number of rotatable bonds is 1. The van der Waals surface area contributed by atoms with Gasteiger partial charge in [-0.25, -0.2) is 0 Å². The van der Waals surface area contributed by atoms with Gasteiger partial charge in [0.25, 0.3) is 0 Å². The van der Waals surface area contributed by atoms with Gasteiger partial charge in [0, 0.05) is 19.5 Å². The second-order valence-electron chi connectivity index (χ2n) is 8.35. The molecule has 0 bridgehead atoms. The Balaban J connectivity index is 0.000000583. The van der Waals surface area contributed by atoms with Gasteiger partial charge in [-0.2, -0.15) is 0 Å². The second-order valence-corrected chi connectivity index (χ2v) is 8.35. The van der Waals surface area contributed by atoms with Crippen LogP contribution in [0.2, 0.25) is 0 Å². The Bertz CT molecular complexity index is 546. The number of allylic oxidation sites excluding steroid dienone is 4. The van der Waals surface area contributed by atoms with Crippen LogP contribution in [-0.4, -0.2) is 16.9 Å². The molecule has 1 radical (unpaired) electrons. The van der Waals surface area contributed by atoms with Crippen molar-refractivity contribution in [2.24, 2.45) is 4.99 Å². The van der Waals surface area contributed by atoms with Gasteiger partial charge >= 0.3 is 0 Å². The third kappa shape index (κ3) is 13.1. The molecule has 0 fully saturated rings. The maximum atomic E-state index is 4.71. The van der Waals surface area contributed by atoms with Gasteiger partial charge in [0.2, 0.25) is 0 Å². The zero-order chi connectivity index (χ0) is 18.8. The van der Waals surface area contributed by atoms with Crippen LogP contribution in [0.4, 0.5) is 0 Å². The van der Waals surface area contributed by atoms with Gasteiger partial charge in [-0.3, -0.25) is 0 Å². The number of hydrogen-bond donors (Lipinski definition) is 0. The smallest absolute Gasteiger partial charge is 0 e. The molecule has 1 aromatic rings. The number of benzene rings is 1. The SMILES string of the molecule is C1=C\CC/C=C\CC/1.CC(C)(C)N=C([N-]C(C)(C)C)c1ccccc1.[Rh]. The van der Waals surface area contributed by atoms with E-state index in [9.17, 15) is 0 Å². The van der Waals surface area contributed by atoms with Crippen molar-refractivity contribution >= 4 is 5.84 Å². The Morgan fingerprint density at radius 1 is 0.769 bits per heavy atom. The van der Waals surface area contributed by atoms with Crippen LogP contribution in [0.15, 0.2) is 59.6 Å². The van der Waals surface area contributed by atoms with Crippen LogP contribution in [0.5, 0.6) is 0 Å². The molecule has 0 amide bonds. The molecule has 1 aromatic carbocycles. The predicted octanol–water partition coefficient (Wildman–Crippen LogP) is 7.07. The normalized spacial score (nSPS) is 17.5. The molecule has 26 heavy (non-hydrogen) atoms. The minimum Gasteiger partial charge on any atom is -0.459 e. The van der Waals surface area contributed by atoms with Crippen molar-refractivity contribution in [3.8, 4) is 0 Å². The Morgan fingerprint density at radius 2 is 1.19 bits per heavy atom. The quantitative estimate of drug-likeness (QED) is 0.192. The first-order chi connectivity index (χ1) is 11.7. The molecule has 2 rings (SSSR count). The predicted molar refractivity (Wildman–Crippen MR) is 113 cm³/mol. The van der Waals surface area contributed by atoms with Gasteiger partial charge in [0.1, 0.15) is 0 Å². The molecule has 0 heterocycles. The standard InChI is InChI=1S/C15H23N2.C8H12.Rh/c1-14(2,3)16-13(17-15(4,5)6)12-10-8-7-9-11-12;1-2-4-6-8-7-5-3-1;/h7-11H,1-6H3;1-2,7-8H,3-6H2;/q-1;;/b;2-1-,8-7-;. The number of hydrogen-bond acceptors (Lipinski definition) is 1.